The molecular formula is C14H21NO2. The molecule has 0 radical (unpaired) electrons. The highest BCUT2D eigenvalue weighted by Crippen LogP contribution is 2.09. The lowest BCUT2D eigenvalue weighted by Gasteiger charge is -2.17. The van der Waals surface area contributed by atoms with Gasteiger partial charge in [-0.1, -0.05) is 24.3 Å². The Labute approximate surface area is 103 Å². The van der Waals surface area contributed by atoms with E-state index < -0.39 is 6.10 Å². The molecule has 0 aliphatic rings. The fourth-order valence-corrected chi connectivity index (χ4v) is 1.69. The van der Waals surface area contributed by atoms with Crippen LogP contribution in [0.1, 0.15) is 25.0 Å². The van der Waals surface area contributed by atoms with E-state index in [0.717, 1.165) is 6.42 Å². The van der Waals surface area contributed by atoms with Crippen LogP contribution >= 0.6 is 0 Å². The first-order valence-electron chi connectivity index (χ1n) is 5.92. The third-order valence-corrected chi connectivity index (χ3v) is 2.90. The van der Waals surface area contributed by atoms with Crippen molar-refractivity contribution in [1.82, 2.24) is 5.32 Å². The Morgan fingerprint density at radius 1 is 1.35 bits per heavy atom. The minimum Gasteiger partial charge on any atom is -0.372 e. The van der Waals surface area contributed by atoms with Gasteiger partial charge in [0.25, 0.3) is 0 Å². The molecule has 3 nitrogen and oxygen atoms in total. The van der Waals surface area contributed by atoms with Crippen LogP contribution in [-0.2, 0) is 16.0 Å². The monoisotopic (exact) mass is 235 g/mol. The van der Waals surface area contributed by atoms with Gasteiger partial charge in [-0.15, -0.1) is 0 Å². The van der Waals surface area contributed by atoms with E-state index in [4.69, 9.17) is 4.74 Å². The van der Waals surface area contributed by atoms with E-state index in [9.17, 15) is 4.79 Å². The summed E-state index contributed by atoms with van der Waals surface area (Å²) in [5, 5.41) is 2.94. The topological polar surface area (TPSA) is 38.3 Å². The van der Waals surface area contributed by atoms with Crippen LogP contribution in [0.5, 0.6) is 0 Å². The third-order valence-electron chi connectivity index (χ3n) is 2.90. The molecule has 0 aliphatic carbocycles. The zero-order valence-corrected chi connectivity index (χ0v) is 11.0. The maximum atomic E-state index is 11.6. The molecule has 0 saturated carbocycles. The zero-order chi connectivity index (χ0) is 12.8. The summed E-state index contributed by atoms with van der Waals surface area (Å²) in [6.45, 7) is 5.84. The minimum atomic E-state index is -0.394. The van der Waals surface area contributed by atoms with Crippen LogP contribution in [-0.4, -0.2) is 25.2 Å². The van der Waals surface area contributed by atoms with Gasteiger partial charge in [-0.3, -0.25) is 4.79 Å². The summed E-state index contributed by atoms with van der Waals surface area (Å²) in [5.74, 6) is -0.0615. The average Bonchev–Trinajstić information content (AvgIpc) is 2.31. The van der Waals surface area contributed by atoms with Crippen molar-refractivity contribution < 1.29 is 9.53 Å². The van der Waals surface area contributed by atoms with Crippen molar-refractivity contribution in [3.8, 4) is 0 Å². The molecule has 0 spiro atoms. The van der Waals surface area contributed by atoms with Gasteiger partial charge in [0.15, 0.2) is 0 Å². The van der Waals surface area contributed by atoms with Gasteiger partial charge in [-0.05, 0) is 38.3 Å². The summed E-state index contributed by atoms with van der Waals surface area (Å²) >= 11 is 0. The Bertz CT molecular complexity index is 376. The van der Waals surface area contributed by atoms with Gasteiger partial charge in [0.05, 0.1) is 0 Å². The number of amides is 1. The molecule has 1 amide bonds. The Kier molecular flexibility index (Phi) is 5.16. The lowest BCUT2D eigenvalue weighted by atomic mass is 10.0. The molecule has 0 saturated heterocycles. The van der Waals surface area contributed by atoms with Crippen molar-refractivity contribution in [1.29, 1.82) is 0 Å². The van der Waals surface area contributed by atoms with Crippen molar-refractivity contribution in [2.45, 2.75) is 39.3 Å². The second kappa shape index (κ2) is 6.40. The predicted molar refractivity (Wildman–Crippen MR) is 69.0 cm³/mol. The van der Waals surface area contributed by atoms with Gasteiger partial charge in [-0.2, -0.15) is 0 Å². The largest absolute Gasteiger partial charge is 0.372 e. The SMILES string of the molecule is COC(C)C(=O)NC(C)Cc1ccccc1C. The molecule has 1 N–H and O–H groups in total. The van der Waals surface area contributed by atoms with Crippen LogP contribution in [0.4, 0.5) is 0 Å². The molecule has 0 bridgehead atoms. The molecule has 2 unspecified atom stereocenters. The predicted octanol–water partition coefficient (Wildman–Crippen LogP) is 2.08. The number of ether oxygens (including phenoxy) is 1. The van der Waals surface area contributed by atoms with E-state index in [-0.39, 0.29) is 11.9 Å². The van der Waals surface area contributed by atoms with Gasteiger partial charge >= 0.3 is 0 Å². The van der Waals surface area contributed by atoms with Gasteiger partial charge in [0.2, 0.25) is 5.91 Å². The minimum absolute atomic E-state index is 0.0615. The highest BCUT2D eigenvalue weighted by atomic mass is 16.5. The molecular weight excluding hydrogens is 214 g/mol. The lowest BCUT2D eigenvalue weighted by Crippen LogP contribution is -2.40. The number of rotatable bonds is 5. The fraction of sp³-hybridized carbons (Fsp3) is 0.500. The molecule has 1 aromatic carbocycles. The quantitative estimate of drug-likeness (QED) is 0.848. The number of nitrogens with one attached hydrogen (secondary N) is 1. The second-order valence-electron chi connectivity index (χ2n) is 4.42. The number of aryl methyl sites for hydroxylation is 1. The number of carbonyl (C=O) groups is 1. The van der Waals surface area contributed by atoms with Crippen molar-refractivity contribution in [3.05, 3.63) is 35.4 Å². The first kappa shape index (κ1) is 13.7. The molecule has 1 aromatic rings. The van der Waals surface area contributed by atoms with Crippen molar-refractivity contribution in [2.24, 2.45) is 0 Å². The van der Waals surface area contributed by atoms with E-state index >= 15 is 0 Å². The summed E-state index contributed by atoms with van der Waals surface area (Å²) in [5.41, 5.74) is 2.53. The molecule has 0 aliphatic heterocycles. The molecule has 1 rings (SSSR count). The summed E-state index contributed by atoms with van der Waals surface area (Å²) in [7, 11) is 1.54. The first-order valence-corrected chi connectivity index (χ1v) is 5.92. The zero-order valence-electron chi connectivity index (χ0n) is 11.0. The standard InChI is InChI=1S/C14H21NO2/c1-10-7-5-6-8-13(10)9-11(2)15-14(16)12(3)17-4/h5-8,11-12H,9H2,1-4H3,(H,15,16). The number of methoxy groups -OCH3 is 1. The van der Waals surface area contributed by atoms with E-state index in [2.05, 4.69) is 24.4 Å². The summed E-state index contributed by atoms with van der Waals surface area (Å²) in [6.07, 6.45) is 0.448. The van der Waals surface area contributed by atoms with Gasteiger partial charge in [0.1, 0.15) is 6.10 Å². The van der Waals surface area contributed by atoms with Gasteiger partial charge in [0, 0.05) is 13.2 Å². The number of hydrogen-bond acceptors (Lipinski definition) is 2. The molecule has 0 aromatic heterocycles. The van der Waals surface area contributed by atoms with Crippen LogP contribution in [0.3, 0.4) is 0 Å². The Balaban J connectivity index is 2.53. The normalized spacial score (nSPS) is 14.1. The van der Waals surface area contributed by atoms with Crippen LogP contribution in [0.15, 0.2) is 24.3 Å². The maximum absolute atomic E-state index is 11.6. The van der Waals surface area contributed by atoms with E-state index in [1.54, 1.807) is 6.92 Å². The highest BCUT2D eigenvalue weighted by molar-refractivity contribution is 5.80. The summed E-state index contributed by atoms with van der Waals surface area (Å²) < 4.78 is 4.97. The Morgan fingerprint density at radius 3 is 2.59 bits per heavy atom. The number of benzene rings is 1. The van der Waals surface area contributed by atoms with Crippen molar-refractivity contribution >= 4 is 5.91 Å². The Hall–Kier alpha value is -1.35. The Morgan fingerprint density at radius 2 is 2.00 bits per heavy atom. The van der Waals surface area contributed by atoms with Crippen molar-refractivity contribution in [3.63, 3.8) is 0 Å². The molecule has 2 atom stereocenters. The molecule has 0 heterocycles. The van der Waals surface area contributed by atoms with E-state index in [1.807, 2.05) is 19.1 Å². The summed E-state index contributed by atoms with van der Waals surface area (Å²) in [6, 6.07) is 8.34. The smallest absolute Gasteiger partial charge is 0.249 e. The third kappa shape index (κ3) is 4.19. The first-order chi connectivity index (χ1) is 8.04. The average molecular weight is 235 g/mol. The van der Waals surface area contributed by atoms with E-state index in [0.29, 0.717) is 0 Å². The molecule has 94 valence electrons. The van der Waals surface area contributed by atoms with Crippen molar-refractivity contribution in [2.75, 3.05) is 7.11 Å². The van der Waals surface area contributed by atoms with Crippen LogP contribution < -0.4 is 5.32 Å². The molecule has 3 heteroatoms. The molecule has 0 fully saturated rings. The highest BCUT2D eigenvalue weighted by Gasteiger charge is 2.14. The van der Waals surface area contributed by atoms with Gasteiger partial charge in [-0.25, -0.2) is 0 Å². The maximum Gasteiger partial charge on any atom is 0.249 e. The fourth-order valence-electron chi connectivity index (χ4n) is 1.69. The van der Waals surface area contributed by atoms with Crippen LogP contribution in [0, 0.1) is 6.92 Å². The lowest BCUT2D eigenvalue weighted by molar-refractivity contribution is -0.130. The second-order valence-corrected chi connectivity index (χ2v) is 4.42. The van der Waals surface area contributed by atoms with E-state index in [1.165, 1.54) is 18.2 Å². The number of hydrogen-bond donors (Lipinski definition) is 1. The summed E-state index contributed by atoms with van der Waals surface area (Å²) in [4.78, 5) is 11.6. The van der Waals surface area contributed by atoms with Crippen LogP contribution in [0.25, 0.3) is 0 Å². The molecule has 17 heavy (non-hydrogen) atoms. The number of carbonyl (C=O) groups excluding carboxylic acids is 1. The van der Waals surface area contributed by atoms with Gasteiger partial charge < -0.3 is 10.1 Å². The van der Waals surface area contributed by atoms with Crippen LogP contribution in [0.2, 0.25) is 0 Å².